The Hall–Kier alpha value is -0.420. The van der Waals surface area contributed by atoms with E-state index >= 15 is 0 Å². The molecule has 1 saturated heterocycles. The average Bonchev–Trinajstić information content (AvgIpc) is 2.78. The number of aliphatic hydroxyl groups excluding tert-OH is 1. The van der Waals surface area contributed by atoms with Gasteiger partial charge in [-0.05, 0) is 17.9 Å². The Labute approximate surface area is 87.7 Å². The van der Waals surface area contributed by atoms with E-state index in [9.17, 15) is 5.11 Å². The zero-order valence-corrected chi connectivity index (χ0v) is 8.80. The summed E-state index contributed by atoms with van der Waals surface area (Å²) in [5.74, 6) is 0. The third kappa shape index (κ3) is 2.54. The Kier molecular flexibility index (Phi) is 3.53. The molecule has 2 heterocycles. The third-order valence-electron chi connectivity index (χ3n) is 2.41. The zero-order valence-electron chi connectivity index (χ0n) is 7.98. The molecule has 0 radical (unpaired) electrons. The van der Waals surface area contributed by atoms with Crippen LogP contribution in [0, 0.1) is 0 Å². The van der Waals surface area contributed by atoms with Crippen molar-refractivity contribution >= 4 is 11.3 Å². The van der Waals surface area contributed by atoms with Crippen molar-refractivity contribution < 1.29 is 9.84 Å². The first-order valence-electron chi connectivity index (χ1n) is 4.88. The first kappa shape index (κ1) is 10.1. The van der Waals surface area contributed by atoms with Gasteiger partial charge in [-0.3, -0.25) is 0 Å². The fourth-order valence-corrected chi connectivity index (χ4v) is 2.28. The Morgan fingerprint density at radius 2 is 2.50 bits per heavy atom. The van der Waals surface area contributed by atoms with Crippen LogP contribution in [0.3, 0.4) is 0 Å². The molecule has 0 aromatic carbocycles. The molecule has 0 saturated carbocycles. The summed E-state index contributed by atoms with van der Waals surface area (Å²) < 4.78 is 5.15. The molecule has 14 heavy (non-hydrogen) atoms. The first-order valence-corrected chi connectivity index (χ1v) is 5.76. The van der Waals surface area contributed by atoms with E-state index in [-0.39, 0.29) is 12.1 Å². The van der Waals surface area contributed by atoms with Gasteiger partial charge in [-0.1, -0.05) is 6.07 Å². The Morgan fingerprint density at radius 1 is 1.57 bits per heavy atom. The molecule has 1 fully saturated rings. The van der Waals surface area contributed by atoms with Crippen LogP contribution in [0.25, 0.3) is 0 Å². The molecule has 1 aromatic rings. The average molecular weight is 213 g/mol. The van der Waals surface area contributed by atoms with E-state index < -0.39 is 0 Å². The monoisotopic (exact) mass is 213 g/mol. The van der Waals surface area contributed by atoms with Crippen LogP contribution < -0.4 is 5.32 Å². The third-order valence-corrected chi connectivity index (χ3v) is 3.34. The van der Waals surface area contributed by atoms with Crippen molar-refractivity contribution in [2.24, 2.45) is 0 Å². The molecule has 0 unspecified atom stereocenters. The topological polar surface area (TPSA) is 41.5 Å². The highest BCUT2D eigenvalue weighted by atomic mass is 32.1. The Balaban J connectivity index is 1.68. The van der Waals surface area contributed by atoms with Crippen molar-refractivity contribution in [3.05, 3.63) is 22.4 Å². The minimum atomic E-state index is -0.335. The number of thiophene rings is 1. The lowest BCUT2D eigenvalue weighted by atomic mass is 10.2. The Bertz CT molecular complexity index is 263. The molecule has 0 aliphatic carbocycles. The molecule has 1 aromatic heterocycles. The molecule has 0 bridgehead atoms. The van der Waals surface area contributed by atoms with Crippen LogP contribution in [0.2, 0.25) is 0 Å². The summed E-state index contributed by atoms with van der Waals surface area (Å²) in [5, 5.41) is 14.8. The van der Waals surface area contributed by atoms with Gasteiger partial charge in [-0.15, -0.1) is 11.3 Å². The van der Waals surface area contributed by atoms with Gasteiger partial charge in [0.2, 0.25) is 0 Å². The van der Waals surface area contributed by atoms with E-state index in [2.05, 4.69) is 22.8 Å². The Morgan fingerprint density at radius 3 is 3.14 bits per heavy atom. The highest BCUT2D eigenvalue weighted by Crippen LogP contribution is 2.09. The van der Waals surface area contributed by atoms with E-state index in [1.54, 1.807) is 11.3 Å². The molecule has 2 rings (SSSR count). The lowest BCUT2D eigenvalue weighted by Crippen LogP contribution is -2.39. The fourth-order valence-electron chi connectivity index (χ4n) is 1.57. The standard InChI is InChI=1S/C10H15NO2S/c12-10-7-13-6-9(10)11-4-3-8-2-1-5-14-8/h1-2,5,9-12H,3-4,6-7H2/t9-,10-/m1/s1. The van der Waals surface area contributed by atoms with Crippen LogP contribution >= 0.6 is 11.3 Å². The summed E-state index contributed by atoms with van der Waals surface area (Å²) in [6.07, 6.45) is 0.694. The minimum Gasteiger partial charge on any atom is -0.389 e. The maximum absolute atomic E-state index is 9.46. The highest BCUT2D eigenvalue weighted by molar-refractivity contribution is 7.09. The van der Waals surface area contributed by atoms with Gasteiger partial charge >= 0.3 is 0 Å². The molecule has 1 aliphatic rings. The van der Waals surface area contributed by atoms with Crippen molar-refractivity contribution in [1.29, 1.82) is 0 Å². The zero-order chi connectivity index (χ0) is 9.80. The molecule has 4 heteroatoms. The van der Waals surface area contributed by atoms with Gasteiger partial charge in [-0.25, -0.2) is 0 Å². The SMILES string of the molecule is O[C@@H]1COC[C@H]1NCCc1cccs1. The lowest BCUT2D eigenvalue weighted by Gasteiger charge is -2.13. The molecule has 3 nitrogen and oxygen atoms in total. The van der Waals surface area contributed by atoms with Gasteiger partial charge in [0.25, 0.3) is 0 Å². The van der Waals surface area contributed by atoms with Crippen molar-refractivity contribution in [3.8, 4) is 0 Å². The molecule has 2 N–H and O–H groups in total. The van der Waals surface area contributed by atoms with Gasteiger partial charge in [0, 0.05) is 11.4 Å². The summed E-state index contributed by atoms with van der Waals surface area (Å²) in [6.45, 7) is 2.01. The molecule has 0 spiro atoms. The van der Waals surface area contributed by atoms with Crippen LogP contribution in [0.4, 0.5) is 0 Å². The van der Waals surface area contributed by atoms with Gasteiger partial charge in [0.1, 0.15) is 0 Å². The van der Waals surface area contributed by atoms with E-state index in [0.717, 1.165) is 13.0 Å². The molecular formula is C10H15NO2S. The van der Waals surface area contributed by atoms with Crippen LogP contribution in [0.5, 0.6) is 0 Å². The van der Waals surface area contributed by atoms with E-state index in [4.69, 9.17) is 4.74 Å². The van der Waals surface area contributed by atoms with Gasteiger partial charge < -0.3 is 15.2 Å². The minimum absolute atomic E-state index is 0.120. The first-order chi connectivity index (χ1) is 6.86. The molecular weight excluding hydrogens is 198 g/mol. The van der Waals surface area contributed by atoms with Crippen LogP contribution in [-0.2, 0) is 11.2 Å². The number of rotatable bonds is 4. The van der Waals surface area contributed by atoms with E-state index in [1.165, 1.54) is 4.88 Å². The predicted molar refractivity (Wildman–Crippen MR) is 56.6 cm³/mol. The van der Waals surface area contributed by atoms with Gasteiger partial charge in [0.15, 0.2) is 0 Å². The number of hydrogen-bond donors (Lipinski definition) is 2. The number of aliphatic hydroxyl groups is 1. The summed E-state index contributed by atoms with van der Waals surface area (Å²) in [7, 11) is 0. The summed E-state index contributed by atoms with van der Waals surface area (Å²) in [6, 6.07) is 4.32. The predicted octanol–water partition coefficient (Wildman–Crippen LogP) is 0.640. The van der Waals surface area contributed by atoms with Crippen molar-refractivity contribution in [2.75, 3.05) is 19.8 Å². The molecule has 2 atom stereocenters. The second-order valence-electron chi connectivity index (χ2n) is 3.49. The summed E-state index contributed by atoms with van der Waals surface area (Å²) in [5.41, 5.74) is 0. The van der Waals surface area contributed by atoms with E-state index in [0.29, 0.717) is 13.2 Å². The quantitative estimate of drug-likeness (QED) is 0.771. The molecule has 0 amide bonds. The fraction of sp³-hybridized carbons (Fsp3) is 0.600. The smallest absolute Gasteiger partial charge is 0.0948 e. The number of nitrogens with one attached hydrogen (secondary N) is 1. The van der Waals surface area contributed by atoms with Crippen LogP contribution in [0.1, 0.15) is 4.88 Å². The normalized spacial score (nSPS) is 26.9. The van der Waals surface area contributed by atoms with Crippen LogP contribution in [-0.4, -0.2) is 37.0 Å². The van der Waals surface area contributed by atoms with Crippen molar-refractivity contribution in [3.63, 3.8) is 0 Å². The second-order valence-corrected chi connectivity index (χ2v) is 4.53. The second kappa shape index (κ2) is 4.89. The number of ether oxygens (including phenoxy) is 1. The maximum Gasteiger partial charge on any atom is 0.0948 e. The van der Waals surface area contributed by atoms with Crippen LogP contribution in [0.15, 0.2) is 17.5 Å². The summed E-state index contributed by atoms with van der Waals surface area (Å²) >= 11 is 1.77. The van der Waals surface area contributed by atoms with E-state index in [1.807, 2.05) is 0 Å². The number of hydrogen-bond acceptors (Lipinski definition) is 4. The van der Waals surface area contributed by atoms with Crippen molar-refractivity contribution in [2.45, 2.75) is 18.6 Å². The largest absolute Gasteiger partial charge is 0.389 e. The highest BCUT2D eigenvalue weighted by Gasteiger charge is 2.24. The molecule has 78 valence electrons. The van der Waals surface area contributed by atoms with Gasteiger partial charge in [-0.2, -0.15) is 0 Å². The van der Waals surface area contributed by atoms with Crippen molar-refractivity contribution in [1.82, 2.24) is 5.32 Å². The molecule has 1 aliphatic heterocycles. The van der Waals surface area contributed by atoms with Gasteiger partial charge in [0.05, 0.1) is 25.4 Å². The summed E-state index contributed by atoms with van der Waals surface area (Å²) in [4.78, 5) is 1.38. The lowest BCUT2D eigenvalue weighted by molar-refractivity contribution is 0.122. The maximum atomic E-state index is 9.46.